The zero-order valence-corrected chi connectivity index (χ0v) is 13.9. The molecule has 0 aliphatic heterocycles. The van der Waals surface area contributed by atoms with Crippen molar-refractivity contribution in [2.75, 3.05) is 6.54 Å². The van der Waals surface area contributed by atoms with E-state index in [1.54, 1.807) is 9.36 Å². The average molecular weight is 326 g/mol. The molecule has 0 fully saturated rings. The second-order valence-electron chi connectivity index (χ2n) is 5.43. The molecule has 3 aromatic rings. The van der Waals surface area contributed by atoms with Crippen LogP contribution in [0.5, 0.6) is 0 Å². The lowest BCUT2D eigenvalue weighted by molar-refractivity contribution is -0.935. The molecule has 1 N–H and O–H groups in total. The van der Waals surface area contributed by atoms with Gasteiger partial charge in [0, 0.05) is 5.56 Å². The van der Waals surface area contributed by atoms with Gasteiger partial charge in [-0.3, -0.25) is 0 Å². The second kappa shape index (κ2) is 7.30. The van der Waals surface area contributed by atoms with E-state index in [2.05, 4.69) is 41.6 Å². The molecule has 3 rings (SSSR count). The molecule has 0 aliphatic rings. The summed E-state index contributed by atoms with van der Waals surface area (Å²) in [7, 11) is 0. The van der Waals surface area contributed by atoms with Crippen LogP contribution in [0, 0.1) is 4.77 Å². The van der Waals surface area contributed by atoms with Crippen LogP contribution in [-0.4, -0.2) is 26.3 Å². The zero-order chi connectivity index (χ0) is 16.1. The maximum Gasteiger partial charge on any atom is 0.225 e. The number of aromatic nitrogens is 4. The van der Waals surface area contributed by atoms with Crippen molar-refractivity contribution in [1.29, 1.82) is 0 Å². The fraction of sp³-hybridized carbons (Fsp3) is 0.235. The summed E-state index contributed by atoms with van der Waals surface area (Å²) < 4.78 is 4.12. The van der Waals surface area contributed by atoms with E-state index >= 15 is 0 Å². The first-order valence-electron chi connectivity index (χ1n) is 7.73. The summed E-state index contributed by atoms with van der Waals surface area (Å²) in [5, 5.41) is 8.42. The molecule has 0 saturated carbocycles. The SMILES string of the molecule is CC[NH+](Cc1ccccc1)Cn1nnn(-c2ccccc2)c1=S. The monoisotopic (exact) mass is 326 g/mol. The van der Waals surface area contributed by atoms with E-state index in [9.17, 15) is 0 Å². The highest BCUT2D eigenvalue weighted by Crippen LogP contribution is 2.05. The third-order valence-electron chi connectivity index (χ3n) is 3.81. The zero-order valence-electron chi connectivity index (χ0n) is 13.1. The molecule has 1 unspecified atom stereocenters. The molecule has 2 aromatic carbocycles. The summed E-state index contributed by atoms with van der Waals surface area (Å²) in [6, 6.07) is 20.3. The fourth-order valence-electron chi connectivity index (χ4n) is 2.49. The molecule has 0 amide bonds. The molecule has 0 saturated heterocycles. The normalized spacial score (nSPS) is 12.2. The van der Waals surface area contributed by atoms with E-state index in [0.29, 0.717) is 11.4 Å². The summed E-state index contributed by atoms with van der Waals surface area (Å²) in [5.41, 5.74) is 2.25. The molecule has 1 heterocycles. The molecule has 5 nitrogen and oxygen atoms in total. The molecule has 118 valence electrons. The number of nitrogens with zero attached hydrogens (tertiary/aromatic N) is 4. The lowest BCUT2D eigenvalue weighted by Gasteiger charge is -2.16. The van der Waals surface area contributed by atoms with Crippen molar-refractivity contribution in [1.82, 2.24) is 19.8 Å². The van der Waals surface area contributed by atoms with Gasteiger partial charge in [0.25, 0.3) is 0 Å². The minimum absolute atomic E-state index is 0.621. The number of para-hydroxylation sites is 1. The molecular formula is C17H20N5S+. The fourth-order valence-corrected chi connectivity index (χ4v) is 2.74. The first-order valence-corrected chi connectivity index (χ1v) is 8.14. The number of rotatable bonds is 6. The van der Waals surface area contributed by atoms with Gasteiger partial charge < -0.3 is 4.90 Å². The minimum atomic E-state index is 0.621. The summed E-state index contributed by atoms with van der Waals surface area (Å²) in [5.74, 6) is 0. The van der Waals surface area contributed by atoms with Crippen molar-refractivity contribution in [3.63, 3.8) is 0 Å². The third kappa shape index (κ3) is 3.72. The van der Waals surface area contributed by atoms with E-state index in [0.717, 1.165) is 18.8 Å². The number of quaternary nitrogens is 1. The first kappa shape index (κ1) is 15.6. The molecule has 6 heteroatoms. The van der Waals surface area contributed by atoms with Crippen LogP contribution in [0.4, 0.5) is 0 Å². The number of tetrazole rings is 1. The Hall–Kier alpha value is -2.31. The number of nitrogens with one attached hydrogen (secondary N) is 1. The Balaban J connectivity index is 1.77. The molecule has 1 atom stereocenters. The molecule has 0 aliphatic carbocycles. The lowest BCUT2D eigenvalue weighted by atomic mass is 10.2. The largest absolute Gasteiger partial charge is 0.313 e. The van der Waals surface area contributed by atoms with E-state index < -0.39 is 0 Å². The third-order valence-corrected chi connectivity index (χ3v) is 4.19. The highest BCUT2D eigenvalue weighted by molar-refractivity contribution is 7.71. The van der Waals surface area contributed by atoms with Gasteiger partial charge in [-0.15, -0.1) is 0 Å². The van der Waals surface area contributed by atoms with Gasteiger partial charge in [0.1, 0.15) is 6.54 Å². The topological polar surface area (TPSA) is 40.1 Å². The molecular weight excluding hydrogens is 306 g/mol. The van der Waals surface area contributed by atoms with Crippen molar-refractivity contribution < 1.29 is 4.90 Å². The number of hydrogen-bond acceptors (Lipinski definition) is 3. The first-order chi connectivity index (χ1) is 11.3. The predicted octanol–water partition coefficient (Wildman–Crippen LogP) is 1.86. The second-order valence-corrected chi connectivity index (χ2v) is 5.80. The van der Waals surface area contributed by atoms with Crippen molar-refractivity contribution in [3.05, 3.63) is 71.0 Å². The highest BCUT2D eigenvalue weighted by atomic mass is 32.1. The van der Waals surface area contributed by atoms with Gasteiger partial charge >= 0.3 is 0 Å². The Bertz CT molecular complexity index is 795. The van der Waals surface area contributed by atoms with Gasteiger partial charge in [-0.25, -0.2) is 0 Å². The lowest BCUT2D eigenvalue weighted by Crippen LogP contribution is -3.09. The van der Waals surface area contributed by atoms with Gasteiger partial charge in [0.15, 0.2) is 6.67 Å². The van der Waals surface area contributed by atoms with Crippen molar-refractivity contribution in [2.45, 2.75) is 20.1 Å². The minimum Gasteiger partial charge on any atom is -0.313 e. The number of hydrogen-bond donors (Lipinski definition) is 1. The smallest absolute Gasteiger partial charge is 0.225 e. The molecule has 23 heavy (non-hydrogen) atoms. The van der Waals surface area contributed by atoms with Crippen molar-refractivity contribution in [3.8, 4) is 5.69 Å². The maximum absolute atomic E-state index is 5.53. The van der Waals surface area contributed by atoms with E-state index in [-0.39, 0.29) is 0 Å². The highest BCUT2D eigenvalue weighted by Gasteiger charge is 2.12. The molecule has 0 radical (unpaired) electrons. The number of benzene rings is 2. The molecule has 1 aromatic heterocycles. The van der Waals surface area contributed by atoms with Crippen LogP contribution in [0.15, 0.2) is 60.7 Å². The van der Waals surface area contributed by atoms with Crippen molar-refractivity contribution in [2.24, 2.45) is 0 Å². The Morgan fingerprint density at radius 1 is 0.957 bits per heavy atom. The van der Waals surface area contributed by atoms with Crippen molar-refractivity contribution >= 4 is 12.2 Å². The van der Waals surface area contributed by atoms with Crippen LogP contribution in [0.3, 0.4) is 0 Å². The standard InChI is InChI=1S/C17H19N5S/c1-2-20(13-15-9-5-3-6-10-15)14-21-17(23)22(19-18-21)16-11-7-4-8-12-16/h3-12H,2,13-14H2,1H3/p+1. The summed E-state index contributed by atoms with van der Waals surface area (Å²) >= 11 is 5.53. The molecule has 0 spiro atoms. The van der Waals surface area contributed by atoms with Crippen LogP contribution in [0.25, 0.3) is 5.69 Å². The van der Waals surface area contributed by atoms with Gasteiger partial charge in [-0.2, -0.15) is 9.36 Å². The maximum atomic E-state index is 5.53. The molecule has 0 bridgehead atoms. The van der Waals surface area contributed by atoms with Crippen LogP contribution in [-0.2, 0) is 13.2 Å². The Morgan fingerprint density at radius 2 is 1.61 bits per heavy atom. The Kier molecular flexibility index (Phi) is 4.95. The van der Waals surface area contributed by atoms with Crippen LogP contribution in [0.2, 0.25) is 0 Å². The predicted molar refractivity (Wildman–Crippen MR) is 91.8 cm³/mol. The average Bonchev–Trinajstić information content (AvgIpc) is 2.96. The van der Waals surface area contributed by atoms with E-state index in [1.807, 2.05) is 36.4 Å². The summed E-state index contributed by atoms with van der Waals surface area (Å²) in [6.07, 6.45) is 0. The van der Waals surface area contributed by atoms with E-state index in [4.69, 9.17) is 12.2 Å². The van der Waals surface area contributed by atoms with Gasteiger partial charge in [-0.05, 0) is 41.7 Å². The summed E-state index contributed by atoms with van der Waals surface area (Å²) in [4.78, 5) is 1.38. The van der Waals surface area contributed by atoms with Crippen LogP contribution < -0.4 is 4.90 Å². The van der Waals surface area contributed by atoms with Gasteiger partial charge in [0.2, 0.25) is 4.77 Å². The van der Waals surface area contributed by atoms with Crippen LogP contribution >= 0.6 is 12.2 Å². The Labute approximate surface area is 140 Å². The van der Waals surface area contributed by atoms with Gasteiger partial charge in [0.05, 0.1) is 12.2 Å². The van der Waals surface area contributed by atoms with Gasteiger partial charge in [-0.1, -0.05) is 48.5 Å². The van der Waals surface area contributed by atoms with Crippen LogP contribution in [0.1, 0.15) is 12.5 Å². The Morgan fingerprint density at radius 3 is 2.26 bits per heavy atom. The summed E-state index contributed by atoms with van der Waals surface area (Å²) in [6.45, 7) is 4.81. The van der Waals surface area contributed by atoms with E-state index in [1.165, 1.54) is 10.5 Å². The quantitative estimate of drug-likeness (QED) is 0.703.